The van der Waals surface area contributed by atoms with Crippen LogP contribution in [0.3, 0.4) is 0 Å². The van der Waals surface area contributed by atoms with Crippen LogP contribution in [-0.2, 0) is 0 Å². The topological polar surface area (TPSA) is 44.4 Å². The molecule has 1 fully saturated rings. The molecule has 1 aromatic rings. The first-order valence-corrected chi connectivity index (χ1v) is 8.57. The van der Waals surface area contributed by atoms with Gasteiger partial charge in [-0.25, -0.2) is 0 Å². The first-order chi connectivity index (χ1) is 10.7. The molecule has 1 aliphatic heterocycles. The van der Waals surface area contributed by atoms with Crippen LogP contribution in [0.25, 0.3) is 0 Å². The highest BCUT2D eigenvalue weighted by molar-refractivity contribution is 6.33. The van der Waals surface area contributed by atoms with Gasteiger partial charge < -0.3 is 15.5 Å². The highest BCUT2D eigenvalue weighted by Crippen LogP contribution is 2.14. The largest absolute Gasteiger partial charge is 0.351 e. The SMILES string of the molecule is CCCN1CCC(NCCNC(=O)c2ccccc2Cl)CC1. The van der Waals surface area contributed by atoms with Gasteiger partial charge in [-0.2, -0.15) is 0 Å². The number of carbonyl (C=O) groups excluding carboxylic acids is 1. The number of hydrogen-bond donors (Lipinski definition) is 2. The standard InChI is InChI=1S/C17H26ClN3O/c1-2-11-21-12-7-14(8-13-21)19-9-10-20-17(22)15-5-3-4-6-16(15)18/h3-6,14,19H,2,7-13H2,1H3,(H,20,22). The van der Waals surface area contributed by atoms with Gasteiger partial charge in [-0.3, -0.25) is 4.79 Å². The van der Waals surface area contributed by atoms with Crippen molar-refractivity contribution in [2.24, 2.45) is 0 Å². The molecule has 0 radical (unpaired) electrons. The molecule has 0 saturated carbocycles. The maximum Gasteiger partial charge on any atom is 0.252 e. The van der Waals surface area contributed by atoms with E-state index in [4.69, 9.17) is 11.6 Å². The number of hydrogen-bond acceptors (Lipinski definition) is 3. The fraction of sp³-hybridized carbons (Fsp3) is 0.588. The van der Waals surface area contributed by atoms with Crippen LogP contribution < -0.4 is 10.6 Å². The normalized spacial score (nSPS) is 16.6. The zero-order chi connectivity index (χ0) is 15.8. The predicted molar refractivity (Wildman–Crippen MR) is 91.5 cm³/mol. The summed E-state index contributed by atoms with van der Waals surface area (Å²) in [6, 6.07) is 7.70. The minimum absolute atomic E-state index is 0.106. The van der Waals surface area contributed by atoms with E-state index in [9.17, 15) is 4.79 Å². The van der Waals surface area contributed by atoms with Gasteiger partial charge in [-0.1, -0.05) is 30.7 Å². The third-order valence-corrected chi connectivity index (χ3v) is 4.42. The fourth-order valence-corrected chi connectivity index (χ4v) is 3.09. The van der Waals surface area contributed by atoms with E-state index in [2.05, 4.69) is 22.5 Å². The second-order valence-electron chi connectivity index (χ2n) is 5.81. The molecule has 22 heavy (non-hydrogen) atoms. The van der Waals surface area contributed by atoms with Crippen LogP contribution in [-0.4, -0.2) is 49.6 Å². The van der Waals surface area contributed by atoms with Crippen LogP contribution in [0.15, 0.2) is 24.3 Å². The summed E-state index contributed by atoms with van der Waals surface area (Å²) in [4.78, 5) is 14.5. The number of nitrogens with zero attached hydrogens (tertiary/aromatic N) is 1. The first-order valence-electron chi connectivity index (χ1n) is 8.19. The number of piperidine rings is 1. The van der Waals surface area contributed by atoms with Gasteiger partial charge in [0, 0.05) is 19.1 Å². The van der Waals surface area contributed by atoms with Crippen LogP contribution in [0.1, 0.15) is 36.5 Å². The van der Waals surface area contributed by atoms with Crippen molar-refractivity contribution >= 4 is 17.5 Å². The molecule has 4 nitrogen and oxygen atoms in total. The van der Waals surface area contributed by atoms with Gasteiger partial charge in [0.15, 0.2) is 0 Å². The molecule has 1 aliphatic rings. The molecule has 2 rings (SSSR count). The van der Waals surface area contributed by atoms with Crippen LogP contribution in [0.4, 0.5) is 0 Å². The molecule has 0 aromatic heterocycles. The van der Waals surface area contributed by atoms with E-state index in [1.807, 2.05) is 12.1 Å². The summed E-state index contributed by atoms with van der Waals surface area (Å²) in [5.41, 5.74) is 0.539. The van der Waals surface area contributed by atoms with Crippen molar-refractivity contribution < 1.29 is 4.79 Å². The van der Waals surface area contributed by atoms with Crippen molar-refractivity contribution in [3.8, 4) is 0 Å². The molecule has 0 atom stereocenters. The quantitative estimate of drug-likeness (QED) is 0.758. The molecule has 1 amide bonds. The molecular weight excluding hydrogens is 298 g/mol. The summed E-state index contributed by atoms with van der Waals surface area (Å²) < 4.78 is 0. The number of likely N-dealkylation sites (tertiary alicyclic amines) is 1. The third-order valence-electron chi connectivity index (χ3n) is 4.09. The van der Waals surface area contributed by atoms with Gasteiger partial charge in [0.25, 0.3) is 5.91 Å². The Bertz CT molecular complexity index is 473. The number of halogens is 1. The monoisotopic (exact) mass is 323 g/mol. The predicted octanol–water partition coefficient (Wildman–Crippen LogP) is 2.53. The number of rotatable bonds is 7. The molecule has 1 aromatic carbocycles. The van der Waals surface area contributed by atoms with Crippen molar-refractivity contribution in [3.05, 3.63) is 34.9 Å². The minimum atomic E-state index is -0.106. The number of carbonyl (C=O) groups is 1. The second-order valence-corrected chi connectivity index (χ2v) is 6.21. The maximum atomic E-state index is 12.0. The average molecular weight is 324 g/mol. The molecule has 0 spiro atoms. The molecule has 5 heteroatoms. The zero-order valence-electron chi connectivity index (χ0n) is 13.3. The Morgan fingerprint density at radius 3 is 2.68 bits per heavy atom. The Hall–Kier alpha value is -1.10. The van der Waals surface area contributed by atoms with Crippen molar-refractivity contribution in [3.63, 3.8) is 0 Å². The lowest BCUT2D eigenvalue weighted by Gasteiger charge is -2.32. The Balaban J connectivity index is 1.62. The van der Waals surface area contributed by atoms with E-state index in [0.717, 1.165) is 6.54 Å². The summed E-state index contributed by atoms with van der Waals surface area (Å²) in [7, 11) is 0. The fourth-order valence-electron chi connectivity index (χ4n) is 2.87. The molecular formula is C17H26ClN3O. The van der Waals surface area contributed by atoms with Crippen molar-refractivity contribution in [2.75, 3.05) is 32.7 Å². The van der Waals surface area contributed by atoms with E-state index < -0.39 is 0 Å². The van der Waals surface area contributed by atoms with Gasteiger partial charge in [0.2, 0.25) is 0 Å². The Morgan fingerprint density at radius 1 is 1.27 bits per heavy atom. The molecule has 122 valence electrons. The van der Waals surface area contributed by atoms with Crippen molar-refractivity contribution in [2.45, 2.75) is 32.2 Å². The van der Waals surface area contributed by atoms with Crippen LogP contribution in [0.5, 0.6) is 0 Å². The molecule has 0 bridgehead atoms. The summed E-state index contributed by atoms with van der Waals surface area (Å²) in [5, 5.41) is 6.94. The second kappa shape index (κ2) is 9.13. The average Bonchev–Trinajstić information content (AvgIpc) is 2.53. The van der Waals surface area contributed by atoms with Gasteiger partial charge in [0.05, 0.1) is 10.6 Å². The lowest BCUT2D eigenvalue weighted by Crippen LogP contribution is -2.44. The molecule has 0 unspecified atom stereocenters. The van der Waals surface area contributed by atoms with E-state index in [-0.39, 0.29) is 5.91 Å². The highest BCUT2D eigenvalue weighted by atomic mass is 35.5. The van der Waals surface area contributed by atoms with Gasteiger partial charge in [-0.05, 0) is 51.0 Å². The number of nitrogens with one attached hydrogen (secondary N) is 2. The van der Waals surface area contributed by atoms with Crippen molar-refractivity contribution in [1.29, 1.82) is 0 Å². The minimum Gasteiger partial charge on any atom is -0.351 e. The maximum absolute atomic E-state index is 12.0. The highest BCUT2D eigenvalue weighted by Gasteiger charge is 2.17. The van der Waals surface area contributed by atoms with Crippen LogP contribution in [0.2, 0.25) is 5.02 Å². The summed E-state index contributed by atoms with van der Waals surface area (Å²) in [6.45, 7) is 7.22. The molecule has 1 heterocycles. The van der Waals surface area contributed by atoms with Gasteiger partial charge >= 0.3 is 0 Å². The lowest BCUT2D eigenvalue weighted by molar-refractivity contribution is 0.0953. The molecule has 1 saturated heterocycles. The Labute approximate surface area is 138 Å². The van der Waals surface area contributed by atoms with E-state index >= 15 is 0 Å². The lowest BCUT2D eigenvalue weighted by atomic mass is 10.0. The van der Waals surface area contributed by atoms with Crippen molar-refractivity contribution in [1.82, 2.24) is 15.5 Å². The van der Waals surface area contributed by atoms with E-state index in [1.54, 1.807) is 12.1 Å². The van der Waals surface area contributed by atoms with E-state index in [1.165, 1.54) is 38.9 Å². The zero-order valence-corrected chi connectivity index (χ0v) is 14.0. The van der Waals surface area contributed by atoms with Gasteiger partial charge in [0.1, 0.15) is 0 Å². The van der Waals surface area contributed by atoms with Crippen LogP contribution >= 0.6 is 11.6 Å². The number of benzene rings is 1. The van der Waals surface area contributed by atoms with E-state index in [0.29, 0.717) is 23.2 Å². The molecule has 2 N–H and O–H groups in total. The smallest absolute Gasteiger partial charge is 0.252 e. The summed E-state index contributed by atoms with van der Waals surface area (Å²) in [5.74, 6) is -0.106. The summed E-state index contributed by atoms with van der Waals surface area (Å²) >= 11 is 6.01. The molecule has 0 aliphatic carbocycles. The summed E-state index contributed by atoms with van der Waals surface area (Å²) in [6.07, 6.45) is 3.61. The van der Waals surface area contributed by atoms with Crippen LogP contribution in [0, 0.1) is 0 Å². The first kappa shape index (κ1) is 17.3. The van der Waals surface area contributed by atoms with Gasteiger partial charge in [-0.15, -0.1) is 0 Å². The Kier molecular flexibility index (Phi) is 7.16. The Morgan fingerprint density at radius 2 is 2.00 bits per heavy atom. The number of amides is 1. The third kappa shape index (κ3) is 5.27.